The number of likely N-dealkylation sites (tertiary alicyclic amines) is 1. The lowest BCUT2D eigenvalue weighted by atomic mass is 10.1. The molecule has 0 bridgehead atoms. The first kappa shape index (κ1) is 21.8. The fourth-order valence-corrected chi connectivity index (χ4v) is 3.43. The van der Waals surface area contributed by atoms with E-state index in [1.807, 2.05) is 6.07 Å². The van der Waals surface area contributed by atoms with Gasteiger partial charge in [-0.1, -0.05) is 24.3 Å². The molecule has 6 heteroatoms. The summed E-state index contributed by atoms with van der Waals surface area (Å²) < 4.78 is 5.70. The van der Waals surface area contributed by atoms with Gasteiger partial charge in [0, 0.05) is 13.1 Å². The molecule has 1 aromatic heterocycles. The third-order valence-corrected chi connectivity index (χ3v) is 4.93. The molecule has 1 aliphatic heterocycles. The van der Waals surface area contributed by atoms with Gasteiger partial charge in [0.15, 0.2) is 5.96 Å². The molecule has 0 amide bonds. The quantitative estimate of drug-likeness (QED) is 0.355. The van der Waals surface area contributed by atoms with Crippen LogP contribution in [0.2, 0.25) is 0 Å². The third-order valence-electron chi connectivity index (χ3n) is 4.93. The van der Waals surface area contributed by atoms with Crippen molar-refractivity contribution in [1.82, 2.24) is 15.5 Å². The zero-order chi connectivity index (χ0) is 18.2. The number of nitrogens with one attached hydrogen (secondary N) is 2. The first-order valence-electron chi connectivity index (χ1n) is 9.62. The maximum atomic E-state index is 5.70. The van der Waals surface area contributed by atoms with Gasteiger partial charge in [0.2, 0.25) is 0 Å². The van der Waals surface area contributed by atoms with Crippen LogP contribution in [-0.2, 0) is 6.54 Å². The lowest BCUT2D eigenvalue weighted by Gasteiger charge is -2.26. The molecule has 1 aromatic carbocycles. The van der Waals surface area contributed by atoms with E-state index in [1.165, 1.54) is 24.0 Å². The van der Waals surface area contributed by atoms with Crippen LogP contribution in [0.25, 0.3) is 0 Å². The van der Waals surface area contributed by atoms with Gasteiger partial charge in [-0.2, -0.15) is 0 Å². The Bertz CT molecular complexity index is 696. The van der Waals surface area contributed by atoms with Crippen LogP contribution in [0.5, 0.6) is 0 Å². The maximum absolute atomic E-state index is 5.70. The lowest BCUT2D eigenvalue weighted by molar-refractivity contribution is 0.215. The molecular weight excluding hydrogens is 451 g/mol. The summed E-state index contributed by atoms with van der Waals surface area (Å²) in [5, 5.41) is 6.87. The molecule has 1 saturated heterocycles. The van der Waals surface area contributed by atoms with Gasteiger partial charge < -0.3 is 15.1 Å². The Morgan fingerprint density at radius 2 is 1.93 bits per heavy atom. The number of aryl methyl sites for hydroxylation is 1. The molecule has 0 aliphatic carbocycles. The molecule has 1 atom stereocenters. The monoisotopic (exact) mass is 482 g/mol. The van der Waals surface area contributed by atoms with Gasteiger partial charge in [0.05, 0.1) is 18.8 Å². The molecule has 2 heterocycles. The molecule has 1 unspecified atom stereocenters. The van der Waals surface area contributed by atoms with Crippen molar-refractivity contribution in [2.45, 2.75) is 39.3 Å². The van der Waals surface area contributed by atoms with Crippen LogP contribution in [0.3, 0.4) is 0 Å². The Balaban J connectivity index is 0.00000261. The molecule has 1 fully saturated rings. The highest BCUT2D eigenvalue weighted by molar-refractivity contribution is 14.0. The van der Waals surface area contributed by atoms with E-state index in [0.717, 1.165) is 37.9 Å². The summed E-state index contributed by atoms with van der Waals surface area (Å²) in [6.07, 6.45) is 4.28. The van der Waals surface area contributed by atoms with E-state index in [-0.39, 0.29) is 30.0 Å². The van der Waals surface area contributed by atoms with E-state index >= 15 is 0 Å². The third kappa shape index (κ3) is 6.24. The Kier molecular flexibility index (Phi) is 9.14. The van der Waals surface area contributed by atoms with E-state index in [9.17, 15) is 0 Å². The number of aliphatic imine (C=N–C) groups is 1. The zero-order valence-electron chi connectivity index (χ0n) is 16.3. The van der Waals surface area contributed by atoms with Crippen LogP contribution in [0, 0.1) is 6.92 Å². The summed E-state index contributed by atoms with van der Waals surface area (Å²) in [6, 6.07) is 12.7. The van der Waals surface area contributed by atoms with E-state index in [4.69, 9.17) is 9.41 Å². The second-order valence-corrected chi connectivity index (χ2v) is 6.78. The highest BCUT2D eigenvalue weighted by Crippen LogP contribution is 2.24. The molecule has 2 aromatic rings. The number of nitrogens with zero attached hydrogens (tertiary/aromatic N) is 2. The smallest absolute Gasteiger partial charge is 0.191 e. The highest BCUT2D eigenvalue weighted by atomic mass is 127. The van der Waals surface area contributed by atoms with Crippen LogP contribution in [-0.4, -0.2) is 37.0 Å². The first-order chi connectivity index (χ1) is 12.8. The maximum Gasteiger partial charge on any atom is 0.191 e. The van der Waals surface area contributed by atoms with Crippen molar-refractivity contribution >= 4 is 29.9 Å². The average molecular weight is 482 g/mol. The fourth-order valence-electron chi connectivity index (χ4n) is 3.43. The predicted molar refractivity (Wildman–Crippen MR) is 122 cm³/mol. The largest absolute Gasteiger partial charge is 0.468 e. The van der Waals surface area contributed by atoms with Crippen LogP contribution in [0.1, 0.15) is 42.7 Å². The van der Waals surface area contributed by atoms with Crippen molar-refractivity contribution in [2.24, 2.45) is 4.99 Å². The molecule has 1 aliphatic rings. The zero-order valence-corrected chi connectivity index (χ0v) is 18.6. The van der Waals surface area contributed by atoms with E-state index in [2.05, 4.69) is 59.7 Å². The van der Waals surface area contributed by atoms with E-state index in [1.54, 1.807) is 6.26 Å². The molecule has 0 saturated carbocycles. The molecule has 0 spiro atoms. The Morgan fingerprint density at radius 3 is 2.59 bits per heavy atom. The number of guanidine groups is 1. The van der Waals surface area contributed by atoms with Crippen LogP contribution < -0.4 is 10.6 Å². The van der Waals surface area contributed by atoms with Crippen molar-refractivity contribution in [3.8, 4) is 0 Å². The molecular formula is C21H31IN4O. The van der Waals surface area contributed by atoms with Gasteiger partial charge in [0.1, 0.15) is 5.76 Å². The number of rotatable bonds is 7. The van der Waals surface area contributed by atoms with Crippen molar-refractivity contribution in [2.75, 3.05) is 26.2 Å². The van der Waals surface area contributed by atoms with Gasteiger partial charge in [-0.25, -0.2) is 4.99 Å². The van der Waals surface area contributed by atoms with Gasteiger partial charge in [-0.15, -0.1) is 24.0 Å². The normalized spacial score (nSPS) is 16.0. The van der Waals surface area contributed by atoms with Crippen molar-refractivity contribution < 1.29 is 4.42 Å². The first-order valence-corrected chi connectivity index (χ1v) is 9.62. The summed E-state index contributed by atoms with van der Waals surface area (Å²) in [7, 11) is 0. The number of hydrogen-bond donors (Lipinski definition) is 2. The van der Waals surface area contributed by atoms with Crippen LogP contribution >= 0.6 is 24.0 Å². The molecule has 27 heavy (non-hydrogen) atoms. The molecule has 148 valence electrons. The molecule has 3 rings (SSSR count). The Labute approximate surface area is 179 Å². The minimum absolute atomic E-state index is 0. The van der Waals surface area contributed by atoms with E-state index in [0.29, 0.717) is 6.54 Å². The topological polar surface area (TPSA) is 52.8 Å². The van der Waals surface area contributed by atoms with Crippen LogP contribution in [0.15, 0.2) is 52.1 Å². The van der Waals surface area contributed by atoms with Crippen LogP contribution in [0.4, 0.5) is 0 Å². The van der Waals surface area contributed by atoms with Crippen molar-refractivity contribution in [3.63, 3.8) is 0 Å². The summed E-state index contributed by atoms with van der Waals surface area (Å²) >= 11 is 0. The van der Waals surface area contributed by atoms with Gasteiger partial charge in [-0.3, -0.25) is 4.90 Å². The Morgan fingerprint density at radius 1 is 1.15 bits per heavy atom. The average Bonchev–Trinajstić information content (AvgIpc) is 3.35. The van der Waals surface area contributed by atoms with Gasteiger partial charge in [-0.05, 0) is 63.0 Å². The molecule has 2 N–H and O–H groups in total. The summed E-state index contributed by atoms with van der Waals surface area (Å²) in [5.41, 5.74) is 2.53. The second-order valence-electron chi connectivity index (χ2n) is 6.78. The van der Waals surface area contributed by atoms with Crippen molar-refractivity contribution in [3.05, 3.63) is 59.5 Å². The minimum atomic E-state index is 0. The number of halogens is 1. The van der Waals surface area contributed by atoms with Gasteiger partial charge >= 0.3 is 0 Å². The number of furan rings is 1. The minimum Gasteiger partial charge on any atom is -0.468 e. The fraction of sp³-hybridized carbons (Fsp3) is 0.476. The second kappa shape index (κ2) is 11.3. The Hall–Kier alpha value is -1.54. The molecule has 0 radical (unpaired) electrons. The lowest BCUT2D eigenvalue weighted by Crippen LogP contribution is -2.42. The standard InChI is InChI=1S/C21H30N4O.HI/c1-3-22-21(23-15-18-10-5-4-9-17(18)2)24-16-19(20-11-8-14-26-20)25-12-6-7-13-25;/h4-5,8-11,14,19H,3,6-7,12-13,15-16H2,1-2H3,(H2,22,23,24);1H. The summed E-state index contributed by atoms with van der Waals surface area (Å²) in [6.45, 7) is 8.79. The SMILES string of the molecule is CCNC(=NCc1ccccc1C)NCC(c1ccco1)N1CCCC1.I. The number of benzene rings is 1. The van der Waals surface area contributed by atoms with Gasteiger partial charge in [0.25, 0.3) is 0 Å². The summed E-state index contributed by atoms with van der Waals surface area (Å²) in [4.78, 5) is 7.27. The van der Waals surface area contributed by atoms with E-state index < -0.39 is 0 Å². The molecule has 5 nitrogen and oxygen atoms in total. The van der Waals surface area contributed by atoms with Crippen molar-refractivity contribution in [1.29, 1.82) is 0 Å². The highest BCUT2D eigenvalue weighted by Gasteiger charge is 2.25. The number of hydrogen-bond acceptors (Lipinski definition) is 3. The summed E-state index contributed by atoms with van der Waals surface area (Å²) in [5.74, 6) is 1.88. The predicted octanol–water partition coefficient (Wildman–Crippen LogP) is 4.10.